The van der Waals surface area contributed by atoms with Gasteiger partial charge < -0.3 is 5.32 Å². The number of anilines is 1. The van der Waals surface area contributed by atoms with Crippen molar-refractivity contribution in [3.8, 4) is 5.82 Å². The molecule has 25 heavy (non-hydrogen) atoms. The molecule has 2 heterocycles. The molecule has 0 amide bonds. The SMILES string of the molecule is C=C(C)CNc1c(C)c(C(F)(F)F)nn1-c1ccc(S(C)(=O)=O)nn1. The van der Waals surface area contributed by atoms with E-state index >= 15 is 0 Å². The standard InChI is InChI=1S/C14H16F3N5O2S/c1-8(2)7-18-13-9(3)12(14(15,16)17)21-22(13)10-5-6-11(20-19-10)25(4,23)24/h5-6,18H,1,7H2,2-4H3. The van der Waals surface area contributed by atoms with Crippen LogP contribution >= 0.6 is 0 Å². The Hall–Kier alpha value is -2.43. The Balaban J connectivity index is 2.57. The number of sulfone groups is 1. The normalized spacial score (nSPS) is 12.2. The number of hydrogen-bond acceptors (Lipinski definition) is 6. The highest BCUT2D eigenvalue weighted by Crippen LogP contribution is 2.35. The minimum Gasteiger partial charge on any atom is -0.366 e. The van der Waals surface area contributed by atoms with Gasteiger partial charge in [-0.15, -0.1) is 10.2 Å². The Bertz CT molecular complexity index is 902. The molecule has 0 saturated heterocycles. The molecule has 1 N–H and O–H groups in total. The Kier molecular flexibility index (Phi) is 4.89. The van der Waals surface area contributed by atoms with Crippen molar-refractivity contribution >= 4 is 15.7 Å². The van der Waals surface area contributed by atoms with Gasteiger partial charge in [-0.25, -0.2) is 8.42 Å². The number of rotatable bonds is 5. The molecule has 0 unspecified atom stereocenters. The molecule has 0 bridgehead atoms. The van der Waals surface area contributed by atoms with Crippen LogP contribution in [-0.2, 0) is 16.0 Å². The van der Waals surface area contributed by atoms with E-state index in [9.17, 15) is 21.6 Å². The van der Waals surface area contributed by atoms with E-state index < -0.39 is 21.7 Å². The number of halogens is 3. The summed E-state index contributed by atoms with van der Waals surface area (Å²) in [5.41, 5.74) is -0.465. The van der Waals surface area contributed by atoms with Crippen molar-refractivity contribution in [3.63, 3.8) is 0 Å². The molecule has 0 saturated carbocycles. The van der Waals surface area contributed by atoms with Crippen molar-refractivity contribution in [1.82, 2.24) is 20.0 Å². The molecule has 0 aromatic carbocycles. The molecule has 0 radical (unpaired) electrons. The van der Waals surface area contributed by atoms with Crippen LogP contribution < -0.4 is 5.32 Å². The van der Waals surface area contributed by atoms with Gasteiger partial charge in [0.2, 0.25) is 0 Å². The summed E-state index contributed by atoms with van der Waals surface area (Å²) in [6.07, 6.45) is -3.69. The van der Waals surface area contributed by atoms with Crippen molar-refractivity contribution in [3.05, 3.63) is 35.5 Å². The van der Waals surface area contributed by atoms with Gasteiger partial charge in [-0.2, -0.15) is 23.0 Å². The van der Waals surface area contributed by atoms with Crippen LogP contribution in [0.3, 0.4) is 0 Å². The lowest BCUT2D eigenvalue weighted by Gasteiger charge is -2.10. The number of nitrogens with zero attached hydrogens (tertiary/aromatic N) is 4. The van der Waals surface area contributed by atoms with Crippen molar-refractivity contribution in [2.24, 2.45) is 0 Å². The van der Waals surface area contributed by atoms with Crippen LogP contribution in [0.25, 0.3) is 5.82 Å². The van der Waals surface area contributed by atoms with E-state index in [1.54, 1.807) is 6.92 Å². The molecule has 136 valence electrons. The lowest BCUT2D eigenvalue weighted by molar-refractivity contribution is -0.141. The molecule has 11 heteroatoms. The average Bonchev–Trinajstić information content (AvgIpc) is 2.81. The quantitative estimate of drug-likeness (QED) is 0.807. The summed E-state index contributed by atoms with van der Waals surface area (Å²) in [7, 11) is -3.57. The number of hydrogen-bond donors (Lipinski definition) is 1. The first-order chi connectivity index (χ1) is 11.4. The molecule has 0 fully saturated rings. The molecule has 0 spiro atoms. The third-order valence-electron chi connectivity index (χ3n) is 3.17. The Labute approximate surface area is 142 Å². The molecule has 0 aliphatic carbocycles. The zero-order valence-corrected chi connectivity index (χ0v) is 14.5. The summed E-state index contributed by atoms with van der Waals surface area (Å²) in [4.78, 5) is 0. The minimum atomic E-state index is -4.64. The van der Waals surface area contributed by atoms with Crippen molar-refractivity contribution in [2.75, 3.05) is 18.1 Å². The van der Waals surface area contributed by atoms with E-state index in [0.29, 0.717) is 5.57 Å². The van der Waals surface area contributed by atoms with E-state index in [2.05, 4.69) is 27.2 Å². The molecule has 0 aliphatic heterocycles. The molecule has 2 aromatic heterocycles. The first-order valence-electron chi connectivity index (χ1n) is 7.00. The summed E-state index contributed by atoms with van der Waals surface area (Å²) in [6, 6.07) is 2.40. The van der Waals surface area contributed by atoms with Gasteiger partial charge in [-0.3, -0.25) is 0 Å². The van der Waals surface area contributed by atoms with Crippen molar-refractivity contribution in [1.29, 1.82) is 0 Å². The second kappa shape index (κ2) is 6.47. The number of alkyl halides is 3. The van der Waals surface area contributed by atoms with Crippen LogP contribution in [0.15, 0.2) is 29.3 Å². The maximum absolute atomic E-state index is 13.1. The number of aromatic nitrogens is 4. The highest BCUT2D eigenvalue weighted by molar-refractivity contribution is 7.90. The molecular formula is C14H16F3N5O2S. The topological polar surface area (TPSA) is 89.8 Å². The zero-order chi connectivity index (χ0) is 19.0. The smallest absolute Gasteiger partial charge is 0.366 e. The fraction of sp³-hybridized carbons (Fsp3) is 0.357. The second-order valence-corrected chi connectivity index (χ2v) is 7.51. The third-order valence-corrected chi connectivity index (χ3v) is 4.15. The van der Waals surface area contributed by atoms with Crippen molar-refractivity contribution in [2.45, 2.75) is 25.0 Å². The van der Waals surface area contributed by atoms with E-state index in [4.69, 9.17) is 0 Å². The lowest BCUT2D eigenvalue weighted by Crippen LogP contribution is -2.12. The van der Waals surface area contributed by atoms with Gasteiger partial charge in [-0.1, -0.05) is 12.2 Å². The van der Waals surface area contributed by atoms with Crippen molar-refractivity contribution < 1.29 is 21.6 Å². The molecular weight excluding hydrogens is 359 g/mol. The highest BCUT2D eigenvalue weighted by Gasteiger charge is 2.38. The molecule has 0 atom stereocenters. The molecule has 2 rings (SSSR count). The van der Waals surface area contributed by atoms with Gasteiger partial charge in [0.15, 0.2) is 26.4 Å². The largest absolute Gasteiger partial charge is 0.435 e. The average molecular weight is 375 g/mol. The third kappa shape index (κ3) is 4.16. The maximum atomic E-state index is 13.1. The summed E-state index contributed by atoms with van der Waals surface area (Å²) in [5, 5.41) is 13.3. The van der Waals surface area contributed by atoms with Crippen LogP contribution in [0.2, 0.25) is 0 Å². The van der Waals surface area contributed by atoms with E-state index in [1.807, 2.05) is 0 Å². The van der Waals surface area contributed by atoms with Crippen LogP contribution in [0, 0.1) is 6.92 Å². The Morgan fingerprint density at radius 2 is 1.96 bits per heavy atom. The van der Waals surface area contributed by atoms with Gasteiger partial charge in [0.05, 0.1) is 0 Å². The first kappa shape index (κ1) is 18.9. The fourth-order valence-corrected chi connectivity index (χ4v) is 2.50. The highest BCUT2D eigenvalue weighted by atomic mass is 32.2. The molecule has 2 aromatic rings. The van der Waals surface area contributed by atoms with E-state index in [1.165, 1.54) is 13.0 Å². The van der Waals surface area contributed by atoms with Crippen LogP contribution in [0.5, 0.6) is 0 Å². The maximum Gasteiger partial charge on any atom is 0.435 e. The zero-order valence-electron chi connectivity index (χ0n) is 13.7. The molecule has 0 aliphatic rings. The summed E-state index contributed by atoms with van der Waals surface area (Å²) in [5.74, 6) is 0.0342. The van der Waals surface area contributed by atoms with Gasteiger partial charge in [0.25, 0.3) is 0 Å². The molecule has 7 nitrogen and oxygen atoms in total. The van der Waals surface area contributed by atoms with Gasteiger partial charge >= 0.3 is 6.18 Å². The predicted molar refractivity (Wildman–Crippen MR) is 85.3 cm³/mol. The summed E-state index contributed by atoms with van der Waals surface area (Å²) < 4.78 is 63.2. The van der Waals surface area contributed by atoms with Crippen LogP contribution in [-0.4, -0.2) is 41.2 Å². The van der Waals surface area contributed by atoms with Crippen LogP contribution in [0.1, 0.15) is 18.2 Å². The fourth-order valence-electron chi connectivity index (χ4n) is 2.00. The minimum absolute atomic E-state index is 0.0461. The van der Waals surface area contributed by atoms with Gasteiger partial charge in [0.1, 0.15) is 5.82 Å². The second-order valence-electron chi connectivity index (χ2n) is 5.54. The van der Waals surface area contributed by atoms with Gasteiger partial charge in [0, 0.05) is 18.4 Å². The Morgan fingerprint density at radius 1 is 1.32 bits per heavy atom. The summed E-state index contributed by atoms with van der Waals surface area (Å²) in [6.45, 7) is 6.92. The van der Waals surface area contributed by atoms with E-state index in [-0.39, 0.29) is 28.8 Å². The Morgan fingerprint density at radius 3 is 2.40 bits per heavy atom. The van der Waals surface area contributed by atoms with Crippen LogP contribution in [0.4, 0.5) is 19.0 Å². The number of nitrogens with one attached hydrogen (secondary N) is 1. The van der Waals surface area contributed by atoms with Gasteiger partial charge in [-0.05, 0) is 26.0 Å². The lowest BCUT2D eigenvalue weighted by atomic mass is 10.2. The first-order valence-corrected chi connectivity index (χ1v) is 8.89. The van der Waals surface area contributed by atoms with E-state index in [0.717, 1.165) is 17.0 Å². The predicted octanol–water partition coefficient (Wildman–Crippen LogP) is 2.38. The summed E-state index contributed by atoms with van der Waals surface area (Å²) >= 11 is 0. The monoisotopic (exact) mass is 375 g/mol.